The van der Waals surface area contributed by atoms with Crippen molar-refractivity contribution < 1.29 is 24.2 Å². The molecular formula is C17H24O5. The van der Waals surface area contributed by atoms with Crippen LogP contribution in [-0.2, 0) is 19.1 Å². The lowest BCUT2D eigenvalue weighted by molar-refractivity contribution is -0.173. The maximum atomic E-state index is 11.9. The predicted molar refractivity (Wildman–Crippen MR) is 81.0 cm³/mol. The fourth-order valence-corrected chi connectivity index (χ4v) is 3.11. The molecule has 0 aromatic heterocycles. The van der Waals surface area contributed by atoms with Crippen LogP contribution in [0.4, 0.5) is 0 Å². The van der Waals surface area contributed by atoms with Gasteiger partial charge in [-0.25, -0.2) is 4.79 Å². The number of carbonyl (C=O) groups is 2. The first-order valence-electron chi connectivity index (χ1n) is 7.67. The van der Waals surface area contributed by atoms with E-state index in [1.807, 2.05) is 13.0 Å². The Labute approximate surface area is 131 Å². The molecule has 0 saturated heterocycles. The summed E-state index contributed by atoms with van der Waals surface area (Å²) in [6, 6.07) is 0. The van der Waals surface area contributed by atoms with E-state index in [4.69, 9.17) is 9.47 Å². The number of aliphatic hydroxyl groups is 1. The molecule has 0 fully saturated rings. The zero-order valence-corrected chi connectivity index (χ0v) is 13.6. The number of hydrogen-bond donors (Lipinski definition) is 1. The van der Waals surface area contributed by atoms with Crippen LogP contribution >= 0.6 is 0 Å². The first-order chi connectivity index (χ1) is 10.2. The summed E-state index contributed by atoms with van der Waals surface area (Å²) in [6.07, 6.45) is 2.96. The Hall–Kier alpha value is -1.62. The van der Waals surface area contributed by atoms with Crippen molar-refractivity contribution in [3.63, 3.8) is 0 Å². The van der Waals surface area contributed by atoms with Crippen LogP contribution in [0, 0.1) is 0 Å². The van der Waals surface area contributed by atoms with E-state index < -0.39 is 23.8 Å². The second-order valence-corrected chi connectivity index (χ2v) is 6.46. The minimum atomic E-state index is -1.08. The molecule has 1 aliphatic carbocycles. The van der Waals surface area contributed by atoms with Gasteiger partial charge in [-0.15, -0.1) is 0 Å². The number of rotatable bonds is 1. The van der Waals surface area contributed by atoms with Crippen molar-refractivity contribution >= 4 is 11.9 Å². The lowest BCUT2D eigenvalue weighted by Gasteiger charge is -2.36. The molecule has 0 bridgehead atoms. The Kier molecular flexibility index (Phi) is 4.75. The summed E-state index contributed by atoms with van der Waals surface area (Å²) in [5.74, 6) is -0.772. The molecule has 3 atom stereocenters. The van der Waals surface area contributed by atoms with Gasteiger partial charge in [-0.2, -0.15) is 0 Å². The normalized spacial score (nSPS) is 35.3. The molecule has 1 N–H and O–H groups in total. The van der Waals surface area contributed by atoms with Gasteiger partial charge >= 0.3 is 11.9 Å². The fourth-order valence-electron chi connectivity index (χ4n) is 3.11. The Morgan fingerprint density at radius 3 is 2.73 bits per heavy atom. The summed E-state index contributed by atoms with van der Waals surface area (Å²) in [5.41, 5.74) is 1.65. The van der Waals surface area contributed by atoms with Crippen molar-refractivity contribution in [2.75, 3.05) is 0 Å². The molecule has 0 saturated carbocycles. The van der Waals surface area contributed by atoms with E-state index in [1.165, 1.54) is 6.92 Å². The Bertz CT molecular complexity index is 545. The van der Waals surface area contributed by atoms with Crippen molar-refractivity contribution in [2.24, 2.45) is 0 Å². The van der Waals surface area contributed by atoms with Crippen LogP contribution in [0.2, 0.25) is 0 Å². The molecule has 1 heterocycles. The van der Waals surface area contributed by atoms with Gasteiger partial charge in [-0.05, 0) is 45.6 Å². The van der Waals surface area contributed by atoms with Crippen molar-refractivity contribution in [1.29, 1.82) is 0 Å². The van der Waals surface area contributed by atoms with Crippen molar-refractivity contribution in [3.05, 3.63) is 22.8 Å². The van der Waals surface area contributed by atoms with E-state index in [9.17, 15) is 14.7 Å². The molecule has 5 nitrogen and oxygen atoms in total. The minimum Gasteiger partial charge on any atom is -0.457 e. The number of fused-ring (bicyclic) bond motifs is 1. The standard InChI is InChI=1S/C17H24O5/c1-10-5-7-13-11(2)16(20)21-14(13)9-17(4,22-12(3)18)15(19)8-6-10/h6,14-15,19H,5,7-9H2,1-4H3/b10-6-/t14-,15-,17+/m0/s1. The second-order valence-electron chi connectivity index (χ2n) is 6.46. The Balaban J connectivity index is 2.38. The summed E-state index contributed by atoms with van der Waals surface area (Å²) in [5, 5.41) is 10.5. The first-order valence-corrected chi connectivity index (χ1v) is 7.67. The summed E-state index contributed by atoms with van der Waals surface area (Å²) in [4.78, 5) is 23.3. The highest BCUT2D eigenvalue weighted by molar-refractivity contribution is 5.91. The van der Waals surface area contributed by atoms with Gasteiger partial charge in [0, 0.05) is 18.9 Å². The molecule has 0 radical (unpaired) electrons. The van der Waals surface area contributed by atoms with Crippen molar-refractivity contribution in [1.82, 2.24) is 0 Å². The second kappa shape index (κ2) is 6.24. The number of carbonyl (C=O) groups excluding carboxylic acids is 2. The molecular weight excluding hydrogens is 284 g/mol. The van der Waals surface area contributed by atoms with Crippen LogP contribution < -0.4 is 0 Å². The maximum absolute atomic E-state index is 11.9. The number of ether oxygens (including phenoxy) is 2. The maximum Gasteiger partial charge on any atom is 0.334 e. The monoisotopic (exact) mass is 308 g/mol. The molecule has 0 unspecified atom stereocenters. The SMILES string of the molecule is CC(=O)O[C@]1(C)C[C@@H]2OC(=O)C(C)=C2CC/C(C)=C\C[C@@H]1O. The third kappa shape index (κ3) is 3.40. The van der Waals surface area contributed by atoms with Gasteiger partial charge in [-0.3, -0.25) is 4.79 Å². The van der Waals surface area contributed by atoms with Gasteiger partial charge in [-0.1, -0.05) is 11.6 Å². The van der Waals surface area contributed by atoms with E-state index in [2.05, 4.69) is 0 Å². The summed E-state index contributed by atoms with van der Waals surface area (Å²) in [7, 11) is 0. The van der Waals surface area contributed by atoms with Gasteiger partial charge in [0.1, 0.15) is 11.7 Å². The summed E-state index contributed by atoms with van der Waals surface area (Å²) < 4.78 is 10.8. The fraction of sp³-hybridized carbons (Fsp3) is 0.647. The summed E-state index contributed by atoms with van der Waals surface area (Å²) >= 11 is 0. The molecule has 0 amide bonds. The molecule has 1 aliphatic heterocycles. The molecule has 0 aromatic rings. The first kappa shape index (κ1) is 16.7. The third-order valence-corrected chi connectivity index (χ3v) is 4.58. The number of aliphatic hydroxyl groups excluding tert-OH is 1. The van der Waals surface area contributed by atoms with E-state index in [0.717, 1.165) is 24.0 Å². The zero-order valence-electron chi connectivity index (χ0n) is 13.6. The lowest BCUT2D eigenvalue weighted by Crippen LogP contribution is -2.46. The highest BCUT2D eigenvalue weighted by Crippen LogP contribution is 2.36. The van der Waals surface area contributed by atoms with Gasteiger partial charge < -0.3 is 14.6 Å². The molecule has 0 aromatic carbocycles. The molecule has 22 heavy (non-hydrogen) atoms. The topological polar surface area (TPSA) is 72.8 Å². The lowest BCUT2D eigenvalue weighted by atomic mass is 9.84. The average molecular weight is 308 g/mol. The zero-order chi connectivity index (χ0) is 16.5. The number of allylic oxidation sites excluding steroid dienone is 1. The van der Waals surface area contributed by atoms with Crippen molar-refractivity contribution in [2.45, 2.75) is 71.2 Å². The Morgan fingerprint density at radius 1 is 1.41 bits per heavy atom. The van der Waals surface area contributed by atoms with Gasteiger partial charge in [0.2, 0.25) is 0 Å². The predicted octanol–water partition coefficient (Wildman–Crippen LogP) is 2.43. The van der Waals surface area contributed by atoms with Crippen molar-refractivity contribution in [3.8, 4) is 0 Å². The van der Waals surface area contributed by atoms with Crippen LogP contribution in [0.5, 0.6) is 0 Å². The smallest absolute Gasteiger partial charge is 0.334 e. The van der Waals surface area contributed by atoms with Crippen LogP contribution in [0.25, 0.3) is 0 Å². The number of esters is 2. The Morgan fingerprint density at radius 2 is 2.09 bits per heavy atom. The van der Waals surface area contributed by atoms with Crippen LogP contribution in [0.1, 0.15) is 53.4 Å². The highest BCUT2D eigenvalue weighted by atomic mass is 16.6. The van der Waals surface area contributed by atoms with E-state index in [-0.39, 0.29) is 12.4 Å². The highest BCUT2D eigenvalue weighted by Gasteiger charge is 2.43. The van der Waals surface area contributed by atoms with Crippen LogP contribution in [0.15, 0.2) is 22.8 Å². The van der Waals surface area contributed by atoms with Crippen LogP contribution in [0.3, 0.4) is 0 Å². The molecule has 0 spiro atoms. The average Bonchev–Trinajstić information content (AvgIpc) is 2.67. The van der Waals surface area contributed by atoms with Gasteiger partial charge in [0.15, 0.2) is 0 Å². The van der Waals surface area contributed by atoms with E-state index in [0.29, 0.717) is 12.0 Å². The van der Waals surface area contributed by atoms with E-state index in [1.54, 1.807) is 13.8 Å². The number of hydrogen-bond acceptors (Lipinski definition) is 5. The molecule has 2 rings (SSSR count). The largest absolute Gasteiger partial charge is 0.457 e. The molecule has 5 heteroatoms. The minimum absolute atomic E-state index is 0.277. The molecule has 122 valence electrons. The van der Waals surface area contributed by atoms with Crippen LogP contribution in [-0.4, -0.2) is 34.9 Å². The van der Waals surface area contributed by atoms with Gasteiger partial charge in [0.05, 0.1) is 6.10 Å². The molecule has 2 aliphatic rings. The quantitative estimate of drug-likeness (QED) is 0.595. The van der Waals surface area contributed by atoms with E-state index >= 15 is 0 Å². The van der Waals surface area contributed by atoms with Gasteiger partial charge in [0.25, 0.3) is 0 Å². The third-order valence-electron chi connectivity index (χ3n) is 4.58. The summed E-state index contributed by atoms with van der Waals surface area (Å²) in [6.45, 7) is 6.78.